The van der Waals surface area contributed by atoms with Gasteiger partial charge in [0.05, 0.1) is 22.8 Å². The molecule has 0 saturated carbocycles. The molecule has 0 aliphatic rings. The zero-order chi connectivity index (χ0) is 22.4. The molecule has 3 N–H and O–H groups in total. The molecule has 0 heterocycles. The molecule has 2 rings (SSSR count). The van der Waals surface area contributed by atoms with Gasteiger partial charge < -0.3 is 16.0 Å². The van der Waals surface area contributed by atoms with E-state index < -0.39 is 53.4 Å². The first-order valence-electron chi connectivity index (χ1n) is 8.88. The van der Waals surface area contributed by atoms with E-state index in [1.165, 1.54) is 12.1 Å². The SMILES string of the molecule is CC(C)C(NC(=O)c1ccccc1Cl)C(=O)NCC(=O)Nc1ccc(F)c(F)c1F. The number of anilines is 1. The molecule has 160 valence electrons. The fourth-order valence-electron chi connectivity index (χ4n) is 2.49. The fourth-order valence-corrected chi connectivity index (χ4v) is 2.72. The summed E-state index contributed by atoms with van der Waals surface area (Å²) in [4.78, 5) is 36.8. The van der Waals surface area contributed by atoms with E-state index in [4.69, 9.17) is 11.6 Å². The molecule has 0 fully saturated rings. The van der Waals surface area contributed by atoms with Crippen molar-refractivity contribution in [1.82, 2.24) is 10.6 Å². The maximum Gasteiger partial charge on any atom is 0.253 e. The summed E-state index contributed by atoms with van der Waals surface area (Å²) >= 11 is 5.98. The lowest BCUT2D eigenvalue weighted by Crippen LogP contribution is -2.51. The van der Waals surface area contributed by atoms with Crippen LogP contribution in [0.4, 0.5) is 18.9 Å². The molecule has 10 heteroatoms. The summed E-state index contributed by atoms with van der Waals surface area (Å²) < 4.78 is 39.8. The van der Waals surface area contributed by atoms with E-state index in [2.05, 4.69) is 10.6 Å². The van der Waals surface area contributed by atoms with Crippen molar-refractivity contribution < 1.29 is 27.6 Å². The average Bonchev–Trinajstić information content (AvgIpc) is 2.70. The van der Waals surface area contributed by atoms with E-state index in [0.717, 1.165) is 6.07 Å². The van der Waals surface area contributed by atoms with Gasteiger partial charge in [0.15, 0.2) is 17.5 Å². The second-order valence-electron chi connectivity index (χ2n) is 6.66. The molecule has 2 aromatic carbocycles. The van der Waals surface area contributed by atoms with Gasteiger partial charge in [-0.05, 0) is 30.2 Å². The van der Waals surface area contributed by atoms with Gasteiger partial charge in [-0.3, -0.25) is 14.4 Å². The Morgan fingerprint density at radius 2 is 1.67 bits per heavy atom. The van der Waals surface area contributed by atoms with Crippen LogP contribution in [-0.4, -0.2) is 30.3 Å². The Bertz CT molecular complexity index is 970. The number of benzene rings is 2. The molecule has 0 radical (unpaired) electrons. The molecule has 0 aromatic heterocycles. The Balaban J connectivity index is 1.98. The zero-order valence-electron chi connectivity index (χ0n) is 16.1. The number of nitrogens with one attached hydrogen (secondary N) is 3. The minimum absolute atomic E-state index is 0.184. The molecular formula is C20H19ClF3N3O3. The van der Waals surface area contributed by atoms with Crippen molar-refractivity contribution in [3.63, 3.8) is 0 Å². The Kier molecular flexibility index (Phi) is 7.82. The second kappa shape index (κ2) is 10.1. The lowest BCUT2D eigenvalue weighted by Gasteiger charge is -2.22. The van der Waals surface area contributed by atoms with Crippen molar-refractivity contribution in [3.8, 4) is 0 Å². The lowest BCUT2D eigenvalue weighted by atomic mass is 10.0. The third-order valence-corrected chi connectivity index (χ3v) is 4.42. The summed E-state index contributed by atoms with van der Waals surface area (Å²) in [5.41, 5.74) is -0.384. The van der Waals surface area contributed by atoms with E-state index in [1.807, 2.05) is 5.32 Å². The number of hydrogen-bond acceptors (Lipinski definition) is 3. The fraction of sp³-hybridized carbons (Fsp3) is 0.250. The molecule has 2 aromatic rings. The summed E-state index contributed by atoms with van der Waals surface area (Å²) in [6.07, 6.45) is 0. The number of hydrogen-bond donors (Lipinski definition) is 3. The van der Waals surface area contributed by atoms with Crippen LogP contribution >= 0.6 is 11.6 Å². The molecule has 0 aliphatic carbocycles. The topological polar surface area (TPSA) is 87.3 Å². The van der Waals surface area contributed by atoms with Crippen LogP contribution in [0.2, 0.25) is 5.02 Å². The van der Waals surface area contributed by atoms with Crippen LogP contribution in [-0.2, 0) is 9.59 Å². The van der Waals surface area contributed by atoms with Crippen LogP contribution in [0.15, 0.2) is 36.4 Å². The van der Waals surface area contributed by atoms with Crippen LogP contribution < -0.4 is 16.0 Å². The average molecular weight is 442 g/mol. The predicted octanol–water partition coefficient (Wildman–Crippen LogP) is 3.27. The van der Waals surface area contributed by atoms with Crippen LogP contribution in [0.3, 0.4) is 0 Å². The molecule has 3 amide bonds. The molecule has 1 unspecified atom stereocenters. The van der Waals surface area contributed by atoms with E-state index in [0.29, 0.717) is 6.07 Å². The van der Waals surface area contributed by atoms with Crippen LogP contribution in [0.1, 0.15) is 24.2 Å². The van der Waals surface area contributed by atoms with Crippen molar-refractivity contribution in [3.05, 3.63) is 64.4 Å². The Labute approximate surface area is 175 Å². The van der Waals surface area contributed by atoms with E-state index in [9.17, 15) is 27.6 Å². The maximum absolute atomic E-state index is 13.6. The smallest absolute Gasteiger partial charge is 0.253 e. The Hall–Kier alpha value is -3.07. The largest absolute Gasteiger partial charge is 0.345 e. The highest BCUT2D eigenvalue weighted by atomic mass is 35.5. The minimum Gasteiger partial charge on any atom is -0.345 e. The predicted molar refractivity (Wildman–Crippen MR) is 105 cm³/mol. The lowest BCUT2D eigenvalue weighted by molar-refractivity contribution is -0.126. The van der Waals surface area contributed by atoms with Crippen LogP contribution in [0.5, 0.6) is 0 Å². The summed E-state index contributed by atoms with van der Waals surface area (Å²) in [6, 6.07) is 6.83. The van der Waals surface area contributed by atoms with Crippen molar-refractivity contribution >= 4 is 35.0 Å². The molecule has 6 nitrogen and oxygen atoms in total. The van der Waals surface area contributed by atoms with Crippen molar-refractivity contribution in [2.45, 2.75) is 19.9 Å². The van der Waals surface area contributed by atoms with Gasteiger partial charge in [0.2, 0.25) is 11.8 Å². The molecule has 1 atom stereocenters. The van der Waals surface area contributed by atoms with Crippen LogP contribution in [0.25, 0.3) is 0 Å². The first kappa shape index (κ1) is 23.2. The summed E-state index contributed by atoms with van der Waals surface area (Å²) in [6.45, 7) is 2.80. The van der Waals surface area contributed by atoms with Gasteiger partial charge >= 0.3 is 0 Å². The Morgan fingerprint density at radius 3 is 2.30 bits per heavy atom. The second-order valence-corrected chi connectivity index (χ2v) is 7.07. The molecular weight excluding hydrogens is 423 g/mol. The standard InChI is InChI=1S/C20H19ClF3N3O3/c1-10(2)18(27-19(29)11-5-3-4-6-12(11)21)20(30)25-9-15(28)26-14-8-7-13(22)16(23)17(14)24/h3-8,10,18H,9H2,1-2H3,(H,25,30)(H,26,28)(H,27,29). The maximum atomic E-state index is 13.6. The molecule has 0 saturated heterocycles. The molecule has 30 heavy (non-hydrogen) atoms. The highest BCUT2D eigenvalue weighted by molar-refractivity contribution is 6.33. The number of amides is 3. The van der Waals surface area contributed by atoms with Crippen molar-refractivity contribution in [2.24, 2.45) is 5.92 Å². The third-order valence-electron chi connectivity index (χ3n) is 4.09. The summed E-state index contributed by atoms with van der Waals surface area (Å²) in [5, 5.41) is 7.11. The first-order chi connectivity index (χ1) is 14.1. The van der Waals surface area contributed by atoms with Gasteiger partial charge in [0.25, 0.3) is 5.91 Å². The highest BCUT2D eigenvalue weighted by Gasteiger charge is 2.26. The quantitative estimate of drug-likeness (QED) is 0.576. The van der Waals surface area contributed by atoms with Gasteiger partial charge in [-0.1, -0.05) is 37.6 Å². The third kappa shape index (κ3) is 5.73. The zero-order valence-corrected chi connectivity index (χ0v) is 16.8. The van der Waals surface area contributed by atoms with Gasteiger partial charge in [-0.15, -0.1) is 0 Å². The van der Waals surface area contributed by atoms with Crippen molar-refractivity contribution in [1.29, 1.82) is 0 Å². The first-order valence-corrected chi connectivity index (χ1v) is 9.26. The summed E-state index contributed by atoms with van der Waals surface area (Å²) in [7, 11) is 0. The number of carbonyl (C=O) groups is 3. The van der Waals surface area contributed by atoms with E-state index in [1.54, 1.807) is 26.0 Å². The normalized spacial score (nSPS) is 11.7. The number of halogens is 4. The highest BCUT2D eigenvalue weighted by Crippen LogP contribution is 2.19. The van der Waals surface area contributed by atoms with Gasteiger partial charge in [0, 0.05) is 0 Å². The monoisotopic (exact) mass is 441 g/mol. The van der Waals surface area contributed by atoms with Gasteiger partial charge in [-0.2, -0.15) is 0 Å². The Morgan fingerprint density at radius 1 is 1.00 bits per heavy atom. The van der Waals surface area contributed by atoms with Gasteiger partial charge in [-0.25, -0.2) is 13.2 Å². The minimum atomic E-state index is -1.72. The van der Waals surface area contributed by atoms with Crippen molar-refractivity contribution in [2.75, 3.05) is 11.9 Å². The number of carbonyl (C=O) groups excluding carboxylic acids is 3. The molecule has 0 bridgehead atoms. The molecule has 0 spiro atoms. The van der Waals surface area contributed by atoms with E-state index in [-0.39, 0.29) is 16.5 Å². The van der Waals surface area contributed by atoms with Crippen LogP contribution in [0, 0.1) is 23.4 Å². The van der Waals surface area contributed by atoms with E-state index >= 15 is 0 Å². The van der Waals surface area contributed by atoms with Gasteiger partial charge in [0.1, 0.15) is 6.04 Å². The summed E-state index contributed by atoms with van der Waals surface area (Å²) in [5.74, 6) is -7.10. The number of rotatable bonds is 7. The molecule has 0 aliphatic heterocycles.